The van der Waals surface area contributed by atoms with Gasteiger partial charge >= 0.3 is 0 Å². The fourth-order valence-corrected chi connectivity index (χ4v) is 2.59. The number of hydrogen-bond acceptors (Lipinski definition) is 2. The van der Waals surface area contributed by atoms with Crippen LogP contribution in [-0.4, -0.2) is 11.5 Å². The molecule has 1 heterocycles. The van der Waals surface area contributed by atoms with E-state index in [-0.39, 0.29) is 0 Å². The first kappa shape index (κ1) is 11.6. The maximum atomic E-state index is 4.38. The molecule has 2 rings (SSSR count). The van der Waals surface area contributed by atoms with Gasteiger partial charge in [-0.25, -0.2) is 0 Å². The second-order valence-corrected chi connectivity index (χ2v) is 5.05. The first-order valence-electron chi connectivity index (χ1n) is 6.41. The molecule has 1 saturated carbocycles. The van der Waals surface area contributed by atoms with E-state index in [9.17, 15) is 0 Å². The Kier molecular flexibility index (Phi) is 3.94. The van der Waals surface area contributed by atoms with E-state index in [1.165, 1.54) is 19.3 Å². The summed E-state index contributed by atoms with van der Waals surface area (Å²) in [6.07, 6.45) is 6.07. The number of aromatic nitrogens is 1. The smallest absolute Gasteiger partial charge is 0.0570 e. The van der Waals surface area contributed by atoms with Gasteiger partial charge in [0.2, 0.25) is 0 Å². The molecule has 2 heteroatoms. The molecule has 0 aromatic carbocycles. The number of rotatable bonds is 4. The first-order chi connectivity index (χ1) is 7.77. The van der Waals surface area contributed by atoms with Crippen molar-refractivity contribution < 1.29 is 0 Å². The summed E-state index contributed by atoms with van der Waals surface area (Å²) in [6, 6.07) is 6.48. The minimum atomic E-state index is 0.369. The predicted molar refractivity (Wildman–Crippen MR) is 67.2 cm³/mol. The third-order valence-electron chi connectivity index (χ3n) is 3.86. The Morgan fingerprint density at radius 3 is 2.94 bits per heavy atom. The molecule has 0 spiro atoms. The molecule has 0 radical (unpaired) electrons. The molecule has 3 atom stereocenters. The van der Waals surface area contributed by atoms with E-state index < -0.39 is 0 Å². The van der Waals surface area contributed by atoms with E-state index >= 15 is 0 Å². The molecule has 1 fully saturated rings. The van der Waals surface area contributed by atoms with E-state index in [4.69, 9.17) is 0 Å². The SMILES string of the molecule is CC(NCC1CCCC1C)c1ccccn1. The summed E-state index contributed by atoms with van der Waals surface area (Å²) in [7, 11) is 0. The maximum Gasteiger partial charge on any atom is 0.0570 e. The Morgan fingerprint density at radius 1 is 1.44 bits per heavy atom. The number of nitrogens with zero attached hydrogens (tertiary/aromatic N) is 1. The van der Waals surface area contributed by atoms with Crippen LogP contribution < -0.4 is 5.32 Å². The van der Waals surface area contributed by atoms with Gasteiger partial charge < -0.3 is 5.32 Å². The van der Waals surface area contributed by atoms with Crippen LogP contribution in [0.25, 0.3) is 0 Å². The summed E-state index contributed by atoms with van der Waals surface area (Å²) in [5.74, 6) is 1.76. The Labute approximate surface area is 98.5 Å². The topological polar surface area (TPSA) is 24.9 Å². The van der Waals surface area contributed by atoms with Crippen molar-refractivity contribution in [1.29, 1.82) is 0 Å². The lowest BCUT2D eigenvalue weighted by Crippen LogP contribution is -2.27. The number of hydrogen-bond donors (Lipinski definition) is 1. The van der Waals surface area contributed by atoms with Gasteiger partial charge in [-0.05, 0) is 43.9 Å². The van der Waals surface area contributed by atoms with Crippen molar-refractivity contribution >= 4 is 0 Å². The van der Waals surface area contributed by atoms with Crippen molar-refractivity contribution in [3.05, 3.63) is 30.1 Å². The molecule has 1 aliphatic carbocycles. The summed E-state index contributed by atoms with van der Waals surface area (Å²) >= 11 is 0. The fraction of sp³-hybridized carbons (Fsp3) is 0.643. The van der Waals surface area contributed by atoms with Crippen LogP contribution in [0.2, 0.25) is 0 Å². The normalized spacial score (nSPS) is 26.9. The zero-order chi connectivity index (χ0) is 11.4. The van der Waals surface area contributed by atoms with Gasteiger partial charge in [0.05, 0.1) is 5.69 Å². The minimum Gasteiger partial charge on any atom is -0.309 e. The van der Waals surface area contributed by atoms with Crippen LogP contribution in [0, 0.1) is 11.8 Å². The fourth-order valence-electron chi connectivity index (χ4n) is 2.59. The highest BCUT2D eigenvalue weighted by Crippen LogP contribution is 2.30. The Hall–Kier alpha value is -0.890. The lowest BCUT2D eigenvalue weighted by atomic mass is 9.98. The number of pyridine rings is 1. The van der Waals surface area contributed by atoms with Crippen LogP contribution in [0.1, 0.15) is 44.8 Å². The van der Waals surface area contributed by atoms with E-state index in [0.717, 1.165) is 24.1 Å². The third kappa shape index (κ3) is 2.82. The first-order valence-corrected chi connectivity index (χ1v) is 6.41. The molecule has 16 heavy (non-hydrogen) atoms. The molecule has 3 unspecified atom stereocenters. The molecule has 0 saturated heterocycles. The van der Waals surface area contributed by atoms with Crippen molar-refractivity contribution in [3.63, 3.8) is 0 Å². The summed E-state index contributed by atoms with van der Waals surface area (Å²) in [5, 5.41) is 3.61. The van der Waals surface area contributed by atoms with E-state index in [1.807, 2.05) is 12.3 Å². The van der Waals surface area contributed by atoms with E-state index in [2.05, 4.69) is 36.3 Å². The summed E-state index contributed by atoms with van der Waals surface area (Å²) in [4.78, 5) is 4.38. The average molecular weight is 218 g/mol. The van der Waals surface area contributed by atoms with Gasteiger partial charge in [0, 0.05) is 12.2 Å². The quantitative estimate of drug-likeness (QED) is 0.839. The summed E-state index contributed by atoms with van der Waals surface area (Å²) in [5.41, 5.74) is 1.15. The van der Waals surface area contributed by atoms with Crippen molar-refractivity contribution in [2.24, 2.45) is 11.8 Å². The molecule has 1 aromatic rings. The Bertz CT molecular complexity index is 310. The lowest BCUT2D eigenvalue weighted by molar-refractivity contribution is 0.373. The third-order valence-corrected chi connectivity index (χ3v) is 3.86. The monoisotopic (exact) mass is 218 g/mol. The summed E-state index contributed by atoms with van der Waals surface area (Å²) < 4.78 is 0. The van der Waals surface area contributed by atoms with Crippen LogP contribution in [0.15, 0.2) is 24.4 Å². The van der Waals surface area contributed by atoms with Gasteiger partial charge in [-0.1, -0.05) is 25.8 Å². The molecule has 0 bridgehead atoms. The highest BCUT2D eigenvalue weighted by atomic mass is 14.9. The predicted octanol–water partition coefficient (Wildman–Crippen LogP) is 3.17. The second kappa shape index (κ2) is 5.44. The van der Waals surface area contributed by atoms with Crippen LogP contribution in [-0.2, 0) is 0 Å². The van der Waals surface area contributed by atoms with Crippen LogP contribution in [0.4, 0.5) is 0 Å². The molecular formula is C14H22N2. The molecule has 2 nitrogen and oxygen atoms in total. The molecule has 1 aliphatic rings. The zero-order valence-corrected chi connectivity index (χ0v) is 10.3. The van der Waals surface area contributed by atoms with Gasteiger partial charge in [0.25, 0.3) is 0 Å². The molecule has 0 amide bonds. The van der Waals surface area contributed by atoms with Gasteiger partial charge in [-0.15, -0.1) is 0 Å². The van der Waals surface area contributed by atoms with E-state index in [0.29, 0.717) is 6.04 Å². The van der Waals surface area contributed by atoms with Crippen molar-refractivity contribution in [1.82, 2.24) is 10.3 Å². The van der Waals surface area contributed by atoms with Crippen LogP contribution in [0.5, 0.6) is 0 Å². The van der Waals surface area contributed by atoms with Gasteiger partial charge in [-0.3, -0.25) is 4.98 Å². The molecule has 88 valence electrons. The van der Waals surface area contributed by atoms with Crippen LogP contribution >= 0.6 is 0 Å². The maximum absolute atomic E-state index is 4.38. The number of nitrogens with one attached hydrogen (secondary N) is 1. The Balaban J connectivity index is 1.82. The van der Waals surface area contributed by atoms with Crippen LogP contribution in [0.3, 0.4) is 0 Å². The molecular weight excluding hydrogens is 196 g/mol. The molecule has 1 aromatic heterocycles. The minimum absolute atomic E-state index is 0.369. The largest absolute Gasteiger partial charge is 0.309 e. The second-order valence-electron chi connectivity index (χ2n) is 5.05. The van der Waals surface area contributed by atoms with Crippen molar-refractivity contribution in [2.45, 2.75) is 39.2 Å². The summed E-state index contributed by atoms with van der Waals surface area (Å²) in [6.45, 7) is 5.71. The van der Waals surface area contributed by atoms with Gasteiger partial charge in [-0.2, -0.15) is 0 Å². The highest BCUT2D eigenvalue weighted by molar-refractivity contribution is 5.07. The average Bonchev–Trinajstić information content (AvgIpc) is 2.73. The lowest BCUT2D eigenvalue weighted by Gasteiger charge is -2.19. The highest BCUT2D eigenvalue weighted by Gasteiger charge is 2.23. The zero-order valence-electron chi connectivity index (χ0n) is 10.3. The van der Waals surface area contributed by atoms with Gasteiger partial charge in [0.1, 0.15) is 0 Å². The standard InChI is InChI=1S/C14H22N2/c1-11-6-5-7-13(11)10-16-12(2)14-8-3-4-9-15-14/h3-4,8-9,11-13,16H,5-7,10H2,1-2H3. The van der Waals surface area contributed by atoms with Gasteiger partial charge in [0.15, 0.2) is 0 Å². The van der Waals surface area contributed by atoms with E-state index in [1.54, 1.807) is 0 Å². The van der Waals surface area contributed by atoms with Crippen molar-refractivity contribution in [2.75, 3.05) is 6.54 Å². The molecule has 0 aliphatic heterocycles. The molecule has 1 N–H and O–H groups in total. The Morgan fingerprint density at radius 2 is 2.31 bits per heavy atom. The van der Waals surface area contributed by atoms with Crippen molar-refractivity contribution in [3.8, 4) is 0 Å².